The molecule has 0 saturated heterocycles. The number of sulfone groups is 1. The van der Waals surface area contributed by atoms with Gasteiger partial charge in [-0.05, 0) is 24.3 Å². The molecular formula is C15H15NO4S. The van der Waals surface area contributed by atoms with Gasteiger partial charge in [-0.15, -0.1) is 0 Å². The number of carbonyl (C=O) groups excluding carboxylic acids is 1. The highest BCUT2D eigenvalue weighted by molar-refractivity contribution is 7.90. The lowest BCUT2D eigenvalue weighted by Gasteiger charge is -2.08. The summed E-state index contributed by atoms with van der Waals surface area (Å²) < 4.78 is 22.9. The molecule has 2 N–H and O–H groups in total. The van der Waals surface area contributed by atoms with Crippen LogP contribution in [0.3, 0.4) is 0 Å². The van der Waals surface area contributed by atoms with E-state index < -0.39 is 15.7 Å². The minimum atomic E-state index is -3.35. The van der Waals surface area contributed by atoms with Crippen LogP contribution in [0.4, 0.5) is 0 Å². The summed E-state index contributed by atoms with van der Waals surface area (Å²) in [7, 11) is -3.35. The molecule has 6 heteroatoms. The summed E-state index contributed by atoms with van der Waals surface area (Å²) in [5, 5.41) is 12.3. The zero-order chi connectivity index (χ0) is 15.5. The van der Waals surface area contributed by atoms with Crippen LogP contribution in [0.2, 0.25) is 0 Å². The number of phenolic OH excluding ortho intramolecular Hbond substituents is 1. The van der Waals surface area contributed by atoms with Crippen LogP contribution >= 0.6 is 0 Å². The van der Waals surface area contributed by atoms with Crippen LogP contribution in [0, 0.1) is 0 Å². The molecule has 0 aliphatic rings. The van der Waals surface area contributed by atoms with Crippen LogP contribution in [0.15, 0.2) is 53.4 Å². The topological polar surface area (TPSA) is 83.5 Å². The molecule has 0 aliphatic heterocycles. The van der Waals surface area contributed by atoms with Gasteiger partial charge in [-0.3, -0.25) is 4.79 Å². The second kappa shape index (κ2) is 5.97. The molecule has 2 rings (SSSR count). The maximum Gasteiger partial charge on any atom is 0.251 e. The molecule has 21 heavy (non-hydrogen) atoms. The Morgan fingerprint density at radius 1 is 1.14 bits per heavy atom. The van der Waals surface area contributed by atoms with Crippen LogP contribution in [0.25, 0.3) is 0 Å². The second-order valence-corrected chi connectivity index (χ2v) is 6.63. The molecule has 2 aromatic rings. The molecule has 5 nitrogen and oxygen atoms in total. The van der Waals surface area contributed by atoms with Gasteiger partial charge in [-0.1, -0.05) is 24.3 Å². The van der Waals surface area contributed by atoms with Crippen LogP contribution in [0.5, 0.6) is 5.75 Å². The number of nitrogens with one attached hydrogen (secondary N) is 1. The van der Waals surface area contributed by atoms with Gasteiger partial charge in [-0.2, -0.15) is 0 Å². The molecular weight excluding hydrogens is 290 g/mol. The lowest BCUT2D eigenvalue weighted by Crippen LogP contribution is -2.23. The zero-order valence-electron chi connectivity index (χ0n) is 11.4. The van der Waals surface area contributed by atoms with Crippen molar-refractivity contribution < 1.29 is 18.3 Å². The molecule has 0 unspecified atom stereocenters. The summed E-state index contributed by atoms with van der Waals surface area (Å²) >= 11 is 0. The van der Waals surface area contributed by atoms with Crippen molar-refractivity contribution in [2.45, 2.75) is 11.4 Å². The highest BCUT2D eigenvalue weighted by Gasteiger charge is 2.11. The maximum atomic E-state index is 12.0. The molecule has 0 atom stereocenters. The Hall–Kier alpha value is -2.34. The van der Waals surface area contributed by atoms with Crippen molar-refractivity contribution in [1.82, 2.24) is 5.32 Å². The third-order valence-electron chi connectivity index (χ3n) is 2.96. The Morgan fingerprint density at radius 2 is 1.86 bits per heavy atom. The first-order valence-electron chi connectivity index (χ1n) is 6.23. The van der Waals surface area contributed by atoms with E-state index in [1.807, 2.05) is 0 Å². The van der Waals surface area contributed by atoms with Crippen molar-refractivity contribution in [3.63, 3.8) is 0 Å². The van der Waals surface area contributed by atoms with Crippen molar-refractivity contribution in [3.8, 4) is 5.75 Å². The maximum absolute atomic E-state index is 12.0. The first-order chi connectivity index (χ1) is 9.88. The molecule has 0 spiro atoms. The van der Waals surface area contributed by atoms with Gasteiger partial charge in [0.25, 0.3) is 5.91 Å². The molecule has 2 aromatic carbocycles. The summed E-state index contributed by atoms with van der Waals surface area (Å²) in [5.74, 6) is -0.300. The summed E-state index contributed by atoms with van der Waals surface area (Å²) in [6, 6.07) is 12.5. The molecule has 0 fully saturated rings. The van der Waals surface area contributed by atoms with Crippen molar-refractivity contribution in [2.24, 2.45) is 0 Å². The first kappa shape index (κ1) is 15.1. The minimum Gasteiger partial charge on any atom is -0.508 e. The molecule has 1 amide bonds. The molecule has 0 bridgehead atoms. The predicted octanol–water partition coefficient (Wildman–Crippen LogP) is 1.73. The highest BCUT2D eigenvalue weighted by Crippen LogP contribution is 2.15. The van der Waals surface area contributed by atoms with Crippen molar-refractivity contribution >= 4 is 15.7 Å². The molecule has 0 aromatic heterocycles. The fraction of sp³-hybridized carbons (Fsp3) is 0.133. The average molecular weight is 305 g/mol. The van der Waals surface area contributed by atoms with Crippen molar-refractivity contribution in [3.05, 3.63) is 59.7 Å². The number of amides is 1. The molecule has 0 radical (unpaired) electrons. The van der Waals surface area contributed by atoms with Gasteiger partial charge in [-0.25, -0.2) is 8.42 Å². The van der Waals surface area contributed by atoms with E-state index in [9.17, 15) is 18.3 Å². The third-order valence-corrected chi connectivity index (χ3v) is 4.07. The van der Waals surface area contributed by atoms with Gasteiger partial charge in [0.1, 0.15) is 5.75 Å². The van der Waals surface area contributed by atoms with E-state index in [0.29, 0.717) is 5.56 Å². The minimum absolute atomic E-state index is 0.0951. The van der Waals surface area contributed by atoms with Crippen molar-refractivity contribution in [1.29, 1.82) is 0 Å². The lowest BCUT2D eigenvalue weighted by atomic mass is 10.2. The Labute approximate surface area is 123 Å². The highest BCUT2D eigenvalue weighted by atomic mass is 32.2. The zero-order valence-corrected chi connectivity index (χ0v) is 12.2. The summed E-state index contributed by atoms with van der Waals surface area (Å²) in [4.78, 5) is 12.1. The fourth-order valence-electron chi connectivity index (χ4n) is 1.81. The Morgan fingerprint density at radius 3 is 2.52 bits per heavy atom. The van der Waals surface area contributed by atoms with Gasteiger partial charge in [0.2, 0.25) is 0 Å². The number of para-hydroxylation sites is 1. The van der Waals surface area contributed by atoms with E-state index in [1.165, 1.54) is 30.3 Å². The summed E-state index contributed by atoms with van der Waals surface area (Å²) in [5.41, 5.74) is 0.846. The number of benzene rings is 2. The standard InChI is InChI=1S/C15H15NO4S/c1-21(19,20)13-7-4-6-11(9-13)15(18)16-10-12-5-2-3-8-14(12)17/h2-9,17H,10H2,1H3,(H,16,18). The van der Waals surface area contributed by atoms with Crippen LogP contribution in [-0.4, -0.2) is 25.7 Å². The Bertz CT molecular complexity index is 769. The number of rotatable bonds is 4. The number of hydrogen-bond acceptors (Lipinski definition) is 4. The van der Waals surface area contributed by atoms with E-state index in [-0.39, 0.29) is 22.8 Å². The van der Waals surface area contributed by atoms with Crippen LogP contribution < -0.4 is 5.32 Å². The fourth-order valence-corrected chi connectivity index (χ4v) is 2.47. The second-order valence-electron chi connectivity index (χ2n) is 4.61. The van der Waals surface area contributed by atoms with E-state index in [0.717, 1.165) is 6.26 Å². The van der Waals surface area contributed by atoms with Gasteiger partial charge in [0.05, 0.1) is 4.90 Å². The van der Waals surface area contributed by atoms with Gasteiger partial charge in [0, 0.05) is 23.9 Å². The molecule has 0 aliphatic carbocycles. The van der Waals surface area contributed by atoms with E-state index >= 15 is 0 Å². The Balaban J connectivity index is 2.13. The van der Waals surface area contributed by atoms with Crippen LogP contribution in [0.1, 0.15) is 15.9 Å². The number of phenols is 1. The van der Waals surface area contributed by atoms with Crippen LogP contribution in [-0.2, 0) is 16.4 Å². The number of aromatic hydroxyl groups is 1. The molecule has 0 heterocycles. The Kier molecular flexibility index (Phi) is 4.28. The third kappa shape index (κ3) is 3.82. The monoisotopic (exact) mass is 305 g/mol. The summed E-state index contributed by atoms with van der Waals surface area (Å²) in [6.45, 7) is 0.161. The average Bonchev–Trinajstić information content (AvgIpc) is 2.45. The van der Waals surface area contributed by atoms with Gasteiger partial charge >= 0.3 is 0 Å². The van der Waals surface area contributed by atoms with E-state index in [1.54, 1.807) is 18.2 Å². The number of carbonyl (C=O) groups is 1. The molecule has 0 saturated carbocycles. The normalized spacial score (nSPS) is 11.1. The smallest absolute Gasteiger partial charge is 0.251 e. The van der Waals surface area contributed by atoms with E-state index in [2.05, 4.69) is 5.32 Å². The van der Waals surface area contributed by atoms with E-state index in [4.69, 9.17) is 0 Å². The van der Waals surface area contributed by atoms with Gasteiger partial charge < -0.3 is 10.4 Å². The quantitative estimate of drug-likeness (QED) is 0.901. The largest absolute Gasteiger partial charge is 0.508 e. The van der Waals surface area contributed by atoms with Gasteiger partial charge in [0.15, 0.2) is 9.84 Å². The molecule has 110 valence electrons. The lowest BCUT2D eigenvalue weighted by molar-refractivity contribution is 0.0950. The number of hydrogen-bond donors (Lipinski definition) is 2. The summed E-state index contributed by atoms with van der Waals surface area (Å²) in [6.07, 6.45) is 1.09. The first-order valence-corrected chi connectivity index (χ1v) is 8.12. The predicted molar refractivity (Wildman–Crippen MR) is 78.8 cm³/mol. The van der Waals surface area contributed by atoms with Crippen molar-refractivity contribution in [2.75, 3.05) is 6.26 Å². The SMILES string of the molecule is CS(=O)(=O)c1cccc(C(=O)NCc2ccccc2O)c1.